The van der Waals surface area contributed by atoms with Crippen molar-refractivity contribution in [1.29, 1.82) is 0 Å². The molecule has 0 aliphatic rings. The third kappa shape index (κ3) is 2.14. The van der Waals surface area contributed by atoms with E-state index in [1.54, 1.807) is 14.2 Å². The minimum absolute atomic E-state index is 0.621. The standard InChI is InChI=1S/C10H16N2O2/c1-7-5-9(13-3)8(6-11-2)10(12-7)14-4/h5,11H,6H2,1-4H3. The van der Waals surface area contributed by atoms with Gasteiger partial charge in [-0.2, -0.15) is 0 Å². The molecule has 1 rings (SSSR count). The molecule has 4 heteroatoms. The lowest BCUT2D eigenvalue weighted by Gasteiger charge is -2.12. The molecule has 0 aliphatic heterocycles. The van der Waals surface area contributed by atoms with E-state index in [0.29, 0.717) is 12.4 Å². The fourth-order valence-electron chi connectivity index (χ4n) is 1.33. The molecule has 0 saturated heterocycles. The van der Waals surface area contributed by atoms with Gasteiger partial charge in [-0.15, -0.1) is 0 Å². The summed E-state index contributed by atoms with van der Waals surface area (Å²) in [5, 5.41) is 3.05. The van der Waals surface area contributed by atoms with Gasteiger partial charge in [-0.05, 0) is 14.0 Å². The first-order valence-electron chi connectivity index (χ1n) is 4.46. The molecule has 0 amide bonds. The van der Waals surface area contributed by atoms with Crippen LogP contribution in [0.25, 0.3) is 0 Å². The number of ether oxygens (including phenoxy) is 2. The van der Waals surface area contributed by atoms with Crippen LogP contribution in [0.3, 0.4) is 0 Å². The number of nitrogens with zero attached hydrogens (tertiary/aromatic N) is 1. The van der Waals surface area contributed by atoms with Gasteiger partial charge in [0.1, 0.15) is 5.75 Å². The number of aromatic nitrogens is 1. The Morgan fingerprint density at radius 1 is 1.36 bits per heavy atom. The molecule has 14 heavy (non-hydrogen) atoms. The lowest BCUT2D eigenvalue weighted by Crippen LogP contribution is -2.09. The van der Waals surface area contributed by atoms with E-state index in [-0.39, 0.29) is 0 Å². The quantitative estimate of drug-likeness (QED) is 0.784. The van der Waals surface area contributed by atoms with Crippen molar-refractivity contribution in [3.63, 3.8) is 0 Å². The lowest BCUT2D eigenvalue weighted by atomic mass is 10.2. The topological polar surface area (TPSA) is 43.4 Å². The van der Waals surface area contributed by atoms with Crippen molar-refractivity contribution in [3.05, 3.63) is 17.3 Å². The molecule has 1 aromatic heterocycles. The second-order valence-corrected chi connectivity index (χ2v) is 2.98. The number of hydrogen-bond donors (Lipinski definition) is 1. The Kier molecular flexibility index (Phi) is 3.71. The Labute approximate surface area is 84.3 Å². The lowest BCUT2D eigenvalue weighted by molar-refractivity contribution is 0.370. The van der Waals surface area contributed by atoms with Gasteiger partial charge in [0.15, 0.2) is 0 Å². The highest BCUT2D eigenvalue weighted by atomic mass is 16.5. The number of nitrogens with one attached hydrogen (secondary N) is 1. The Hall–Kier alpha value is -1.29. The van der Waals surface area contributed by atoms with Crippen LogP contribution in [0.15, 0.2) is 6.07 Å². The van der Waals surface area contributed by atoms with Crippen molar-refractivity contribution in [3.8, 4) is 11.6 Å². The van der Waals surface area contributed by atoms with Crippen LogP contribution in [0.4, 0.5) is 0 Å². The van der Waals surface area contributed by atoms with E-state index in [4.69, 9.17) is 9.47 Å². The maximum atomic E-state index is 5.26. The van der Waals surface area contributed by atoms with Crippen molar-refractivity contribution >= 4 is 0 Å². The molecule has 0 atom stereocenters. The van der Waals surface area contributed by atoms with Crippen molar-refractivity contribution in [2.24, 2.45) is 0 Å². The van der Waals surface area contributed by atoms with Gasteiger partial charge in [0.2, 0.25) is 5.88 Å². The monoisotopic (exact) mass is 196 g/mol. The van der Waals surface area contributed by atoms with Gasteiger partial charge in [-0.25, -0.2) is 4.98 Å². The number of methoxy groups -OCH3 is 2. The second-order valence-electron chi connectivity index (χ2n) is 2.98. The van der Waals surface area contributed by atoms with Crippen LogP contribution in [-0.2, 0) is 6.54 Å². The molecule has 0 saturated carbocycles. The second kappa shape index (κ2) is 4.81. The number of aryl methyl sites for hydroxylation is 1. The minimum atomic E-state index is 0.621. The average molecular weight is 196 g/mol. The van der Waals surface area contributed by atoms with Crippen LogP contribution >= 0.6 is 0 Å². The maximum absolute atomic E-state index is 5.26. The number of hydrogen-bond acceptors (Lipinski definition) is 4. The third-order valence-electron chi connectivity index (χ3n) is 1.94. The Morgan fingerprint density at radius 3 is 2.57 bits per heavy atom. The summed E-state index contributed by atoms with van der Waals surface area (Å²) >= 11 is 0. The fraction of sp³-hybridized carbons (Fsp3) is 0.500. The van der Waals surface area contributed by atoms with Crippen LogP contribution in [0.2, 0.25) is 0 Å². The summed E-state index contributed by atoms with van der Waals surface area (Å²) in [6, 6.07) is 1.90. The van der Waals surface area contributed by atoms with E-state index in [0.717, 1.165) is 17.0 Å². The molecule has 0 fully saturated rings. The zero-order valence-corrected chi connectivity index (χ0v) is 9.05. The number of rotatable bonds is 4. The van der Waals surface area contributed by atoms with E-state index < -0.39 is 0 Å². The zero-order chi connectivity index (χ0) is 10.6. The first kappa shape index (κ1) is 10.8. The molecule has 78 valence electrons. The molecule has 0 aromatic carbocycles. The van der Waals surface area contributed by atoms with Crippen LogP contribution in [0, 0.1) is 6.92 Å². The summed E-state index contributed by atoms with van der Waals surface area (Å²) in [4.78, 5) is 4.28. The van der Waals surface area contributed by atoms with E-state index in [9.17, 15) is 0 Å². The van der Waals surface area contributed by atoms with E-state index in [1.807, 2.05) is 20.0 Å². The molecular weight excluding hydrogens is 180 g/mol. The third-order valence-corrected chi connectivity index (χ3v) is 1.94. The van der Waals surface area contributed by atoms with E-state index in [1.165, 1.54) is 0 Å². The molecule has 0 radical (unpaired) electrons. The summed E-state index contributed by atoms with van der Waals surface area (Å²) in [5.74, 6) is 1.43. The molecule has 1 aromatic rings. The van der Waals surface area contributed by atoms with Gasteiger partial charge >= 0.3 is 0 Å². The molecular formula is C10H16N2O2. The fourth-order valence-corrected chi connectivity index (χ4v) is 1.33. The summed E-state index contributed by atoms with van der Waals surface area (Å²) in [5.41, 5.74) is 1.83. The average Bonchev–Trinajstić information content (AvgIpc) is 2.20. The predicted octanol–water partition coefficient (Wildman–Crippen LogP) is 1.13. The first-order chi connectivity index (χ1) is 6.72. The molecule has 0 unspecified atom stereocenters. The van der Waals surface area contributed by atoms with Crippen LogP contribution in [0.1, 0.15) is 11.3 Å². The van der Waals surface area contributed by atoms with Crippen molar-refractivity contribution in [2.75, 3.05) is 21.3 Å². The molecule has 1 N–H and O–H groups in total. The smallest absolute Gasteiger partial charge is 0.221 e. The van der Waals surface area contributed by atoms with Crippen LogP contribution in [0.5, 0.6) is 11.6 Å². The molecule has 1 heterocycles. The molecule has 0 bridgehead atoms. The van der Waals surface area contributed by atoms with Gasteiger partial charge in [0.25, 0.3) is 0 Å². The van der Waals surface area contributed by atoms with Gasteiger partial charge < -0.3 is 14.8 Å². The van der Waals surface area contributed by atoms with Crippen molar-refractivity contribution in [1.82, 2.24) is 10.3 Å². The Balaban J connectivity index is 3.18. The predicted molar refractivity (Wildman–Crippen MR) is 54.8 cm³/mol. The highest BCUT2D eigenvalue weighted by Crippen LogP contribution is 2.27. The number of pyridine rings is 1. The summed E-state index contributed by atoms with van der Waals surface area (Å²) in [6.45, 7) is 2.59. The van der Waals surface area contributed by atoms with Crippen LogP contribution in [-0.4, -0.2) is 26.3 Å². The van der Waals surface area contributed by atoms with Gasteiger partial charge in [-0.3, -0.25) is 0 Å². The largest absolute Gasteiger partial charge is 0.496 e. The Bertz CT molecular complexity index is 288. The van der Waals surface area contributed by atoms with Gasteiger partial charge in [0, 0.05) is 18.3 Å². The molecule has 0 aliphatic carbocycles. The van der Waals surface area contributed by atoms with Crippen molar-refractivity contribution < 1.29 is 9.47 Å². The first-order valence-corrected chi connectivity index (χ1v) is 4.46. The van der Waals surface area contributed by atoms with Crippen LogP contribution < -0.4 is 14.8 Å². The molecule has 4 nitrogen and oxygen atoms in total. The van der Waals surface area contributed by atoms with E-state index >= 15 is 0 Å². The van der Waals surface area contributed by atoms with Gasteiger partial charge in [0.05, 0.1) is 19.8 Å². The minimum Gasteiger partial charge on any atom is -0.496 e. The summed E-state index contributed by atoms with van der Waals surface area (Å²) < 4.78 is 10.5. The maximum Gasteiger partial charge on any atom is 0.221 e. The van der Waals surface area contributed by atoms with E-state index in [2.05, 4.69) is 10.3 Å². The van der Waals surface area contributed by atoms with Gasteiger partial charge in [-0.1, -0.05) is 0 Å². The normalized spacial score (nSPS) is 10.0. The summed E-state index contributed by atoms with van der Waals surface area (Å²) in [6.07, 6.45) is 0. The Morgan fingerprint density at radius 2 is 2.07 bits per heavy atom. The molecule has 0 spiro atoms. The van der Waals surface area contributed by atoms with Crippen molar-refractivity contribution in [2.45, 2.75) is 13.5 Å². The highest BCUT2D eigenvalue weighted by Gasteiger charge is 2.11. The summed E-state index contributed by atoms with van der Waals surface area (Å²) in [7, 11) is 5.13. The zero-order valence-electron chi connectivity index (χ0n) is 9.05. The SMILES string of the molecule is CNCc1c(OC)cc(C)nc1OC. The highest BCUT2D eigenvalue weighted by molar-refractivity contribution is 5.41.